The van der Waals surface area contributed by atoms with Crippen molar-refractivity contribution >= 4 is 103 Å². The minimum atomic E-state index is -4.19. The molecule has 4 aromatic carbocycles. The second kappa shape index (κ2) is 37.2. The molecular formula is C76H92FN13O21S. The van der Waals surface area contributed by atoms with Crippen LogP contribution in [0.5, 0.6) is 0 Å². The number of amides is 8. The van der Waals surface area contributed by atoms with Crippen molar-refractivity contribution in [3.05, 3.63) is 140 Å². The van der Waals surface area contributed by atoms with E-state index in [9.17, 15) is 76.5 Å². The summed E-state index contributed by atoms with van der Waals surface area (Å²) >= 11 is 0. The predicted octanol–water partition coefficient (Wildman–Crippen LogP) is 5.38. The summed E-state index contributed by atoms with van der Waals surface area (Å²) in [5.41, 5.74) is 2.08. The number of fused-ring (bicyclic) bond motifs is 5. The van der Waals surface area contributed by atoms with Crippen LogP contribution in [0.4, 0.5) is 36.7 Å². The van der Waals surface area contributed by atoms with E-state index in [1.54, 1.807) is 45.9 Å². The first-order chi connectivity index (χ1) is 53.5. The number of carboxylic acids is 2. The summed E-state index contributed by atoms with van der Waals surface area (Å²) in [5.74, 6) is -8.54. The maximum Gasteiger partial charge on any atom is 0.355 e. The largest absolute Gasteiger partial charge is 0.481 e. The number of nitrogens with one attached hydrogen (secondary N) is 10. The number of halogens is 1. The standard InChI is InChI=1S/C76H92FN13O21S/c1-7-24-78-73(102)83-47-13-10-15-49(34-47)112(105,106)88-48-14-9-12-44(33-48)56(37-62(93)94)86-75(104)82-46-19-17-45(18-20-46)81-74(103)79-25-28-108-30-32-109-31-29-107-27-23-61(92)84-58(38-63(95)96)70(99)89-26-11-16-59(89)68(97)87-66(41(3)4)71(100)111-76(8-2)53-35-60-67-51(39-90(60)69(98)52(53)40-110-72(76)101)65-55(80-43(6)91)22-21-50-42(5)54(77)36-57(85-67)64(50)65/h9-10,12-15,17-20,33-36,41,55-56,58-59,66,74,79,81,88,103H,7-8,11,16,21-32,37-40H2,1-6H3,(H,80,91)(H,84,92)(H,87,97)(H,93,94)(H,95,96)(H2,78,83,102)(H2,82,86,104)/t55-,56+,58-,59-,66-,74?,76-/m0/s1. The zero-order valence-electron chi connectivity index (χ0n) is 62.6. The molecule has 36 heteroatoms. The molecular weight excluding hydrogens is 1480 g/mol. The van der Waals surface area contributed by atoms with Crippen molar-refractivity contribution in [1.82, 2.24) is 46.4 Å². The maximum atomic E-state index is 15.5. The highest BCUT2D eigenvalue weighted by Crippen LogP contribution is 2.47. The van der Waals surface area contributed by atoms with Crippen molar-refractivity contribution in [3.63, 3.8) is 0 Å². The molecule has 10 rings (SSSR count). The average Bonchev–Trinajstić information content (AvgIpc) is 1.41. The second-order valence-electron chi connectivity index (χ2n) is 27.7. The van der Waals surface area contributed by atoms with Gasteiger partial charge in [-0.3, -0.25) is 43.6 Å². The molecule has 600 valence electrons. The number of anilines is 4. The Hall–Kier alpha value is -11.2. The molecule has 1 unspecified atom stereocenters. The van der Waals surface area contributed by atoms with E-state index >= 15 is 4.39 Å². The number of carboxylic acid groups (broad SMARTS) is 2. The molecule has 8 amide bonds. The first-order valence-electron chi connectivity index (χ1n) is 36.8. The Morgan fingerprint density at radius 2 is 1.46 bits per heavy atom. The lowest BCUT2D eigenvalue weighted by Crippen LogP contribution is -2.57. The highest BCUT2D eigenvalue weighted by atomic mass is 32.2. The number of carbonyl (C=O) groups excluding carboxylic acids is 8. The molecule has 13 N–H and O–H groups in total. The van der Waals surface area contributed by atoms with Gasteiger partial charge in [-0.1, -0.05) is 45.9 Å². The molecule has 112 heavy (non-hydrogen) atoms. The molecule has 3 aliphatic heterocycles. The third-order valence-electron chi connectivity index (χ3n) is 19.5. The van der Waals surface area contributed by atoms with Crippen molar-refractivity contribution < 1.29 is 99.8 Å². The summed E-state index contributed by atoms with van der Waals surface area (Å²) < 4.78 is 74.6. The van der Waals surface area contributed by atoms with Gasteiger partial charge in [0.25, 0.3) is 15.6 Å². The summed E-state index contributed by atoms with van der Waals surface area (Å²) in [6.07, 6.45) is -1.07. The van der Waals surface area contributed by atoms with Crippen LogP contribution in [0.15, 0.2) is 94.6 Å². The van der Waals surface area contributed by atoms with Crippen LogP contribution in [0.1, 0.15) is 137 Å². The lowest BCUT2D eigenvalue weighted by atomic mass is 9.81. The Labute approximate surface area is 643 Å². The molecule has 1 saturated heterocycles. The van der Waals surface area contributed by atoms with Crippen LogP contribution in [0.3, 0.4) is 0 Å². The zero-order valence-corrected chi connectivity index (χ0v) is 63.4. The second-order valence-corrected chi connectivity index (χ2v) is 29.4. The van der Waals surface area contributed by atoms with E-state index < -0.39 is 143 Å². The number of hydrogen-bond donors (Lipinski definition) is 13. The third-order valence-corrected chi connectivity index (χ3v) is 20.9. The topological polar surface area (TPSA) is 470 Å². The minimum Gasteiger partial charge on any atom is -0.481 e. The Kier molecular flexibility index (Phi) is 27.7. The molecule has 0 saturated carbocycles. The quantitative estimate of drug-likeness (QED) is 0.0132. The van der Waals surface area contributed by atoms with Gasteiger partial charge < -0.3 is 91.0 Å². The number of pyridine rings is 2. The number of sulfonamides is 1. The summed E-state index contributed by atoms with van der Waals surface area (Å²) in [7, 11) is -4.19. The van der Waals surface area contributed by atoms with Crippen molar-refractivity contribution in [2.24, 2.45) is 5.92 Å². The molecule has 5 heterocycles. The minimum absolute atomic E-state index is 0.00186. The summed E-state index contributed by atoms with van der Waals surface area (Å²) in [5, 5.41) is 55.1. The van der Waals surface area contributed by atoms with Gasteiger partial charge in [0.15, 0.2) is 6.35 Å². The molecule has 4 aliphatic rings. The van der Waals surface area contributed by atoms with Crippen molar-refractivity contribution in [2.45, 2.75) is 160 Å². The third kappa shape index (κ3) is 20.1. The number of aliphatic carboxylic acids is 2. The normalized spacial score (nSPS) is 17.1. The van der Waals surface area contributed by atoms with Crippen molar-refractivity contribution in [2.75, 3.05) is 79.9 Å². The number of urea groups is 2. The SMILES string of the molecule is CCCNC(=O)Nc1cccc(S(=O)(=O)Nc2cccc([C@@H](CC(=O)O)NC(=O)Nc3ccc(NC(O)NCCOCCOCCOCCC(=O)N[C@@H](CC(=O)O)C(=O)N4CCC[C@H]4C(=O)N[C@H](C(=O)O[C@]4(CC)C(=O)OCc5c4cc4n(c5=O)Cc5c-4nc4cc(F)c(C)c6c4c5[C@@H](NC(C)=O)CC6)C(C)C)cc3)c2)c1. The van der Waals surface area contributed by atoms with E-state index in [0.29, 0.717) is 76.9 Å². The molecule has 0 spiro atoms. The Morgan fingerprint density at radius 3 is 2.15 bits per heavy atom. The highest BCUT2D eigenvalue weighted by molar-refractivity contribution is 7.92. The number of aryl methyl sites for hydroxylation is 1. The number of rotatable bonds is 37. The lowest BCUT2D eigenvalue weighted by Gasteiger charge is -2.37. The fourth-order valence-corrected chi connectivity index (χ4v) is 15.1. The molecule has 2 aromatic heterocycles. The number of hydrogen-bond acceptors (Lipinski definition) is 22. The number of aromatic nitrogens is 2. The van der Waals surface area contributed by atoms with Crippen LogP contribution in [-0.2, 0) is 97.2 Å². The Balaban J connectivity index is 0.628. The van der Waals surface area contributed by atoms with Crippen LogP contribution in [-0.4, -0.2) is 182 Å². The predicted molar refractivity (Wildman–Crippen MR) is 403 cm³/mol. The van der Waals surface area contributed by atoms with Gasteiger partial charge in [0.1, 0.15) is 30.5 Å². The first kappa shape index (κ1) is 83.3. The summed E-state index contributed by atoms with van der Waals surface area (Å²) in [6, 6.07) is 13.4. The maximum absolute atomic E-state index is 15.5. The number of ether oxygens (including phenoxy) is 5. The Bertz CT molecular complexity index is 4760. The van der Waals surface area contributed by atoms with Crippen LogP contribution >= 0.6 is 0 Å². The number of aliphatic hydroxyl groups is 1. The molecule has 7 atom stereocenters. The molecule has 1 aliphatic carbocycles. The summed E-state index contributed by atoms with van der Waals surface area (Å²) in [6.45, 7) is 10.5. The number of likely N-dealkylation sites (tertiary alicyclic amines) is 1. The van der Waals surface area contributed by atoms with Crippen LogP contribution in [0.25, 0.3) is 22.3 Å². The van der Waals surface area contributed by atoms with Crippen molar-refractivity contribution in [1.29, 1.82) is 0 Å². The molecule has 6 aromatic rings. The smallest absolute Gasteiger partial charge is 0.355 e. The number of aliphatic hydroxyl groups excluding tert-OH is 1. The van der Waals surface area contributed by atoms with Gasteiger partial charge in [0.05, 0.1) is 98.5 Å². The van der Waals surface area contributed by atoms with Crippen LogP contribution < -0.4 is 58.1 Å². The van der Waals surface area contributed by atoms with E-state index in [-0.39, 0.29) is 123 Å². The van der Waals surface area contributed by atoms with E-state index in [1.807, 2.05) is 6.92 Å². The monoisotopic (exact) mass is 1570 g/mol. The van der Waals surface area contributed by atoms with E-state index in [2.05, 4.69) is 52.6 Å². The van der Waals surface area contributed by atoms with Gasteiger partial charge in [-0.15, -0.1) is 0 Å². The summed E-state index contributed by atoms with van der Waals surface area (Å²) in [4.78, 5) is 153. The fourth-order valence-electron chi connectivity index (χ4n) is 14.0. The number of esters is 2. The fraction of sp³-hybridized carbons (Fsp3) is 0.447. The molecule has 0 radical (unpaired) electrons. The number of benzene rings is 4. The Morgan fingerprint density at radius 1 is 0.768 bits per heavy atom. The van der Waals surface area contributed by atoms with Gasteiger partial charge in [-0.2, -0.15) is 0 Å². The average molecular weight is 1570 g/mol. The van der Waals surface area contributed by atoms with E-state index in [0.717, 1.165) is 10.5 Å². The number of cyclic esters (lactones) is 1. The number of nitrogens with zero attached hydrogens (tertiary/aromatic N) is 3. The lowest BCUT2D eigenvalue weighted by molar-refractivity contribution is -0.191. The van der Waals surface area contributed by atoms with Gasteiger partial charge in [0.2, 0.25) is 29.2 Å². The molecule has 1 fully saturated rings. The van der Waals surface area contributed by atoms with Crippen LogP contribution in [0, 0.1) is 18.7 Å². The van der Waals surface area contributed by atoms with Crippen molar-refractivity contribution in [3.8, 4) is 11.4 Å². The molecule has 34 nitrogen and oxygen atoms in total. The highest BCUT2D eigenvalue weighted by Gasteiger charge is 2.52. The van der Waals surface area contributed by atoms with Gasteiger partial charge in [-0.05, 0) is 134 Å². The van der Waals surface area contributed by atoms with Crippen LogP contribution in [0.2, 0.25) is 0 Å². The van der Waals surface area contributed by atoms with E-state index in [1.165, 1.54) is 78.2 Å². The number of carbonyl (C=O) groups is 10. The van der Waals surface area contributed by atoms with Gasteiger partial charge in [-0.25, -0.2) is 37.0 Å². The van der Waals surface area contributed by atoms with E-state index in [4.69, 9.17) is 28.7 Å². The van der Waals surface area contributed by atoms with Gasteiger partial charge >= 0.3 is 35.9 Å². The zero-order chi connectivity index (χ0) is 80.7. The molecule has 0 bridgehead atoms. The van der Waals surface area contributed by atoms with Gasteiger partial charge in [0, 0.05) is 78.3 Å². The first-order valence-corrected chi connectivity index (χ1v) is 38.3.